The van der Waals surface area contributed by atoms with Crippen LogP contribution in [0.25, 0.3) is 0 Å². The number of rotatable bonds is 7. The summed E-state index contributed by atoms with van der Waals surface area (Å²) in [6.07, 6.45) is 0.316. The van der Waals surface area contributed by atoms with Gasteiger partial charge in [0.05, 0.1) is 18.6 Å². The molecule has 0 bridgehead atoms. The number of carboxylic acids is 1. The molecule has 1 aliphatic heterocycles. The van der Waals surface area contributed by atoms with Crippen LogP contribution in [0.2, 0.25) is 0 Å². The average Bonchev–Trinajstić information content (AvgIpc) is 3.07. The summed E-state index contributed by atoms with van der Waals surface area (Å²) in [7, 11) is 0. The lowest BCUT2D eigenvalue weighted by atomic mass is 9.93. The fourth-order valence-corrected chi connectivity index (χ4v) is 3.19. The zero-order chi connectivity index (χ0) is 19.3. The highest BCUT2D eigenvalue weighted by Gasteiger charge is 2.38. The van der Waals surface area contributed by atoms with Crippen molar-refractivity contribution in [2.75, 3.05) is 13.2 Å². The smallest absolute Gasteiger partial charge is 0.305 e. The van der Waals surface area contributed by atoms with Crippen molar-refractivity contribution in [3.05, 3.63) is 65.2 Å². The van der Waals surface area contributed by atoms with Crippen LogP contribution in [-0.4, -0.2) is 35.7 Å². The Labute approximate surface area is 158 Å². The Kier molecular flexibility index (Phi) is 5.76. The van der Waals surface area contributed by atoms with Gasteiger partial charge in [0.1, 0.15) is 12.4 Å². The topological polar surface area (TPSA) is 84.9 Å². The molecule has 1 saturated heterocycles. The quantitative estimate of drug-likeness (QED) is 0.784. The minimum absolute atomic E-state index is 0.164. The van der Waals surface area contributed by atoms with E-state index in [0.29, 0.717) is 30.9 Å². The van der Waals surface area contributed by atoms with Crippen LogP contribution in [0, 0.1) is 6.92 Å². The molecule has 1 amide bonds. The zero-order valence-corrected chi connectivity index (χ0v) is 15.2. The number of aliphatic carboxylic acids is 1. The molecule has 3 rings (SSSR count). The van der Waals surface area contributed by atoms with Gasteiger partial charge in [-0.25, -0.2) is 0 Å². The number of carbonyl (C=O) groups is 2. The molecule has 2 aromatic carbocycles. The third-order valence-electron chi connectivity index (χ3n) is 4.56. The fraction of sp³-hybridized carbons (Fsp3) is 0.333. The summed E-state index contributed by atoms with van der Waals surface area (Å²) < 4.78 is 11.1. The van der Waals surface area contributed by atoms with Gasteiger partial charge in [-0.1, -0.05) is 35.9 Å². The first-order chi connectivity index (χ1) is 13.0. The van der Waals surface area contributed by atoms with Crippen LogP contribution < -0.4 is 10.1 Å². The van der Waals surface area contributed by atoms with Gasteiger partial charge in [0.25, 0.3) is 5.91 Å². The van der Waals surface area contributed by atoms with Crippen molar-refractivity contribution in [3.8, 4) is 5.75 Å². The standard InChI is InChI=1S/C21H23NO5/c1-15-4-2-5-16(10-15)13-27-18-7-3-6-17(11-18)20(25)22-21(12-19(23)24)8-9-26-14-21/h2-7,10-11H,8-9,12-14H2,1H3,(H,22,25)(H,23,24). The predicted octanol–water partition coefficient (Wildman–Crippen LogP) is 2.94. The lowest BCUT2D eigenvalue weighted by Crippen LogP contribution is -2.50. The van der Waals surface area contributed by atoms with Gasteiger partial charge in [-0.2, -0.15) is 0 Å². The Morgan fingerprint density at radius 3 is 2.74 bits per heavy atom. The largest absolute Gasteiger partial charge is 0.489 e. The molecule has 0 aromatic heterocycles. The molecule has 2 aromatic rings. The van der Waals surface area contributed by atoms with Crippen LogP contribution >= 0.6 is 0 Å². The van der Waals surface area contributed by atoms with Crippen molar-refractivity contribution >= 4 is 11.9 Å². The van der Waals surface area contributed by atoms with Crippen LogP contribution in [0.4, 0.5) is 0 Å². The predicted molar refractivity (Wildman–Crippen MR) is 99.8 cm³/mol. The minimum atomic E-state index is -0.962. The van der Waals surface area contributed by atoms with E-state index in [9.17, 15) is 9.59 Å². The van der Waals surface area contributed by atoms with Crippen LogP contribution in [0.3, 0.4) is 0 Å². The summed E-state index contributed by atoms with van der Waals surface area (Å²) in [6, 6.07) is 14.9. The van der Waals surface area contributed by atoms with E-state index in [4.69, 9.17) is 14.6 Å². The molecule has 1 aliphatic rings. The van der Waals surface area contributed by atoms with Gasteiger partial charge < -0.3 is 19.9 Å². The first-order valence-corrected chi connectivity index (χ1v) is 8.86. The summed E-state index contributed by atoms with van der Waals surface area (Å²) in [6.45, 7) is 3.07. The van der Waals surface area contributed by atoms with Gasteiger partial charge in [0.2, 0.25) is 0 Å². The maximum absolute atomic E-state index is 12.6. The van der Waals surface area contributed by atoms with Crippen molar-refractivity contribution in [1.29, 1.82) is 0 Å². The highest BCUT2D eigenvalue weighted by Crippen LogP contribution is 2.24. The molecule has 0 saturated carbocycles. The number of aryl methyl sites for hydroxylation is 1. The molecule has 0 spiro atoms. The van der Waals surface area contributed by atoms with Gasteiger partial charge in [0.15, 0.2) is 0 Å². The Morgan fingerprint density at radius 2 is 2.04 bits per heavy atom. The van der Waals surface area contributed by atoms with E-state index in [1.807, 2.05) is 31.2 Å². The van der Waals surface area contributed by atoms with E-state index >= 15 is 0 Å². The monoisotopic (exact) mass is 369 g/mol. The lowest BCUT2D eigenvalue weighted by Gasteiger charge is -2.27. The van der Waals surface area contributed by atoms with Crippen molar-refractivity contribution in [3.63, 3.8) is 0 Å². The molecule has 27 heavy (non-hydrogen) atoms. The molecule has 6 nitrogen and oxygen atoms in total. The maximum atomic E-state index is 12.6. The number of ether oxygens (including phenoxy) is 2. The fourth-order valence-electron chi connectivity index (χ4n) is 3.19. The van der Waals surface area contributed by atoms with Gasteiger partial charge >= 0.3 is 5.97 Å². The van der Waals surface area contributed by atoms with Gasteiger partial charge in [-0.05, 0) is 37.1 Å². The second-order valence-electron chi connectivity index (χ2n) is 6.91. The third kappa shape index (κ3) is 5.08. The van der Waals surface area contributed by atoms with Crippen LogP contribution in [-0.2, 0) is 16.1 Å². The second kappa shape index (κ2) is 8.22. The van der Waals surface area contributed by atoms with E-state index in [2.05, 4.69) is 5.32 Å². The van der Waals surface area contributed by atoms with Crippen molar-refractivity contribution in [2.24, 2.45) is 0 Å². The highest BCUT2D eigenvalue weighted by molar-refractivity contribution is 5.95. The van der Waals surface area contributed by atoms with Crippen molar-refractivity contribution < 1.29 is 24.2 Å². The summed E-state index contributed by atoms with van der Waals surface area (Å²) in [4.78, 5) is 23.8. The molecule has 6 heteroatoms. The second-order valence-corrected chi connectivity index (χ2v) is 6.91. The molecule has 0 radical (unpaired) electrons. The van der Waals surface area contributed by atoms with E-state index in [1.54, 1.807) is 24.3 Å². The van der Waals surface area contributed by atoms with E-state index in [-0.39, 0.29) is 18.9 Å². The average molecular weight is 369 g/mol. The highest BCUT2D eigenvalue weighted by atomic mass is 16.5. The summed E-state index contributed by atoms with van der Waals surface area (Å²) >= 11 is 0. The van der Waals surface area contributed by atoms with Gasteiger partial charge in [-0.15, -0.1) is 0 Å². The van der Waals surface area contributed by atoms with E-state index in [1.165, 1.54) is 0 Å². The zero-order valence-electron chi connectivity index (χ0n) is 15.2. The summed E-state index contributed by atoms with van der Waals surface area (Å²) in [5.74, 6) is -0.710. The Hall–Kier alpha value is -2.86. The number of nitrogens with one attached hydrogen (secondary N) is 1. The Bertz CT molecular complexity index is 827. The molecular weight excluding hydrogens is 346 g/mol. The third-order valence-corrected chi connectivity index (χ3v) is 4.56. The molecule has 1 fully saturated rings. The Morgan fingerprint density at radius 1 is 1.22 bits per heavy atom. The van der Waals surface area contributed by atoms with E-state index < -0.39 is 11.5 Å². The van der Waals surface area contributed by atoms with Crippen LogP contribution in [0.5, 0.6) is 5.75 Å². The molecular formula is C21H23NO5. The molecule has 1 heterocycles. The van der Waals surface area contributed by atoms with Crippen molar-refractivity contribution in [1.82, 2.24) is 5.32 Å². The van der Waals surface area contributed by atoms with Gasteiger partial charge in [0, 0.05) is 12.2 Å². The maximum Gasteiger partial charge on any atom is 0.305 e. The molecule has 142 valence electrons. The SMILES string of the molecule is Cc1cccc(COc2cccc(C(=O)NC3(CC(=O)O)CCOC3)c2)c1. The Balaban J connectivity index is 1.67. The number of hydrogen-bond acceptors (Lipinski definition) is 4. The van der Waals surface area contributed by atoms with Gasteiger partial charge in [-0.3, -0.25) is 9.59 Å². The first-order valence-electron chi connectivity index (χ1n) is 8.86. The number of amides is 1. The molecule has 1 unspecified atom stereocenters. The molecule has 0 aliphatic carbocycles. The lowest BCUT2D eigenvalue weighted by molar-refractivity contribution is -0.138. The van der Waals surface area contributed by atoms with Crippen molar-refractivity contribution in [2.45, 2.75) is 31.9 Å². The van der Waals surface area contributed by atoms with E-state index in [0.717, 1.165) is 11.1 Å². The number of carbonyl (C=O) groups excluding carboxylic acids is 1. The molecule has 2 N–H and O–H groups in total. The number of carboxylic acid groups (broad SMARTS) is 1. The first kappa shape index (κ1) is 18.9. The van der Waals surface area contributed by atoms with Crippen LogP contribution in [0.1, 0.15) is 34.3 Å². The molecule has 1 atom stereocenters. The van der Waals surface area contributed by atoms with Crippen LogP contribution in [0.15, 0.2) is 48.5 Å². The number of hydrogen-bond donors (Lipinski definition) is 2. The summed E-state index contributed by atoms with van der Waals surface area (Å²) in [5.41, 5.74) is 1.77. The summed E-state index contributed by atoms with van der Waals surface area (Å²) in [5, 5.41) is 12.0. The minimum Gasteiger partial charge on any atom is -0.489 e. The normalized spacial score (nSPS) is 18.9. The number of benzene rings is 2.